The normalized spacial score (nSPS) is 14.9. The van der Waals surface area contributed by atoms with Gasteiger partial charge in [0.25, 0.3) is 0 Å². The highest BCUT2D eigenvalue weighted by molar-refractivity contribution is 6.29. The first-order valence-electron chi connectivity index (χ1n) is 25.7. The summed E-state index contributed by atoms with van der Waals surface area (Å²) >= 11 is 0. The Balaban J connectivity index is 1.02. The second-order valence-electron chi connectivity index (χ2n) is 20.8. The summed E-state index contributed by atoms with van der Waals surface area (Å²) in [5.74, 6) is 1.08. The van der Waals surface area contributed by atoms with Gasteiger partial charge in [-0.1, -0.05) is 147 Å². The molecular formula is C66H56N2O2. The number of hydrogen-bond acceptors (Lipinski definition) is 4. The van der Waals surface area contributed by atoms with E-state index in [2.05, 4.69) is 195 Å². The molecule has 0 atom stereocenters. The number of aryl methyl sites for hydroxylation is 4. The number of fused-ring (bicyclic) bond motifs is 6. The van der Waals surface area contributed by atoms with Crippen LogP contribution in [0.5, 0.6) is 0 Å². The maximum absolute atomic E-state index is 7.22. The van der Waals surface area contributed by atoms with E-state index in [9.17, 15) is 0 Å². The summed E-state index contributed by atoms with van der Waals surface area (Å²) in [6.45, 7) is 8.87. The van der Waals surface area contributed by atoms with E-state index in [4.69, 9.17) is 8.83 Å². The third kappa shape index (κ3) is 6.28. The van der Waals surface area contributed by atoms with Crippen molar-refractivity contribution in [3.05, 3.63) is 191 Å². The summed E-state index contributed by atoms with van der Waals surface area (Å²) in [6.07, 6.45) is 10.0. The molecule has 2 heterocycles. The Morgan fingerprint density at radius 1 is 0.343 bits per heavy atom. The first-order chi connectivity index (χ1) is 34.4. The average molecular weight is 909 g/mol. The van der Waals surface area contributed by atoms with Crippen molar-refractivity contribution in [3.8, 4) is 0 Å². The van der Waals surface area contributed by atoms with Gasteiger partial charge in [0.15, 0.2) is 11.2 Å². The van der Waals surface area contributed by atoms with E-state index >= 15 is 0 Å². The lowest BCUT2D eigenvalue weighted by atomic mass is 9.91. The molecule has 70 heavy (non-hydrogen) atoms. The lowest BCUT2D eigenvalue weighted by molar-refractivity contribution is 0.643. The summed E-state index contributed by atoms with van der Waals surface area (Å²) in [6, 6.07) is 59.4. The highest BCUT2D eigenvalue weighted by atomic mass is 16.3. The van der Waals surface area contributed by atoms with Crippen molar-refractivity contribution in [1.82, 2.24) is 0 Å². The largest absolute Gasteiger partial charge is 0.454 e. The monoisotopic (exact) mass is 908 g/mol. The van der Waals surface area contributed by atoms with Crippen LogP contribution in [0.2, 0.25) is 0 Å². The second kappa shape index (κ2) is 16.0. The van der Waals surface area contributed by atoms with Crippen molar-refractivity contribution in [2.24, 2.45) is 0 Å². The second-order valence-corrected chi connectivity index (χ2v) is 20.8. The molecule has 10 aromatic carbocycles. The van der Waals surface area contributed by atoms with E-state index in [0.717, 1.165) is 67.2 Å². The van der Waals surface area contributed by atoms with Gasteiger partial charge >= 0.3 is 0 Å². The van der Waals surface area contributed by atoms with Crippen molar-refractivity contribution in [3.63, 3.8) is 0 Å². The molecule has 2 saturated carbocycles. The van der Waals surface area contributed by atoms with Crippen molar-refractivity contribution in [2.45, 2.75) is 90.9 Å². The average Bonchev–Trinajstić information content (AvgIpc) is 4.24. The van der Waals surface area contributed by atoms with Crippen LogP contribution in [0.1, 0.15) is 96.6 Å². The molecule has 2 aromatic heterocycles. The maximum atomic E-state index is 7.22. The minimum absolute atomic E-state index is 0.539. The van der Waals surface area contributed by atoms with Gasteiger partial charge in [0.1, 0.15) is 11.2 Å². The van der Waals surface area contributed by atoms with Gasteiger partial charge in [-0.2, -0.15) is 0 Å². The standard InChI is InChI=1S/C66H56N2O2/c1-39-25-27-41(3)59(37-39)67(57-23-11-21-51-49-19-9-17-47(43-13-5-6-14-43)63(49)69-65(51)57)55-35-31-45-30-34-54-56(36-32-46-29-33-53(55)61(45)62(46)54)68(60-38-40(2)26-28-42(60)4)58-24-12-22-52-50-20-10-18-48(44-15-7-8-16-44)64(50)70-66(52)58/h9-12,17-38,43-44H,5-8,13-16H2,1-4H3. The first-order valence-corrected chi connectivity index (χ1v) is 25.7. The highest BCUT2D eigenvalue weighted by Crippen LogP contribution is 2.52. The number of benzene rings is 10. The Kier molecular flexibility index (Phi) is 9.47. The third-order valence-corrected chi connectivity index (χ3v) is 16.5. The van der Waals surface area contributed by atoms with Crippen LogP contribution in [-0.2, 0) is 0 Å². The van der Waals surface area contributed by atoms with Crippen molar-refractivity contribution in [1.29, 1.82) is 0 Å². The molecule has 4 heteroatoms. The Bertz CT molecular complexity index is 3780. The van der Waals surface area contributed by atoms with Gasteiger partial charge in [-0.3, -0.25) is 0 Å². The number of hydrogen-bond donors (Lipinski definition) is 0. The topological polar surface area (TPSA) is 32.8 Å². The van der Waals surface area contributed by atoms with Crippen LogP contribution in [0.25, 0.3) is 76.2 Å². The van der Waals surface area contributed by atoms with Crippen LogP contribution < -0.4 is 9.80 Å². The zero-order chi connectivity index (χ0) is 46.8. The van der Waals surface area contributed by atoms with Crippen LogP contribution in [-0.4, -0.2) is 0 Å². The summed E-state index contributed by atoms with van der Waals surface area (Å²) in [4.78, 5) is 4.97. The Morgan fingerprint density at radius 3 is 1.16 bits per heavy atom. The van der Waals surface area contributed by atoms with Crippen molar-refractivity contribution >= 4 is 110 Å². The molecule has 4 nitrogen and oxygen atoms in total. The molecule has 0 saturated heterocycles. The predicted molar refractivity (Wildman–Crippen MR) is 295 cm³/mol. The van der Waals surface area contributed by atoms with Gasteiger partial charge in [0, 0.05) is 43.7 Å². The zero-order valence-corrected chi connectivity index (χ0v) is 40.5. The van der Waals surface area contributed by atoms with E-state index in [1.807, 2.05) is 0 Å². The molecule has 0 bridgehead atoms. The van der Waals surface area contributed by atoms with Gasteiger partial charge in [0.05, 0.1) is 22.7 Å². The molecule has 0 amide bonds. The SMILES string of the molecule is Cc1ccc(C)c(N(c2ccc3ccc4c(N(c5cc(C)ccc5C)c5cccc6c5oc5c(C7CCCC7)cccc56)ccc5ccc2c3c54)c2cccc3c2oc2c(C4CCCC4)cccc23)c1. The van der Waals surface area contributed by atoms with E-state index in [-0.39, 0.29) is 0 Å². The molecule has 2 aliphatic rings. The fraction of sp³-hybridized carbons (Fsp3) is 0.212. The zero-order valence-electron chi connectivity index (χ0n) is 40.5. The van der Waals surface area contributed by atoms with Crippen LogP contribution in [0.15, 0.2) is 167 Å². The lowest BCUT2D eigenvalue weighted by Gasteiger charge is -2.30. The van der Waals surface area contributed by atoms with Crippen molar-refractivity contribution in [2.75, 3.05) is 9.80 Å². The van der Waals surface area contributed by atoms with Gasteiger partial charge in [-0.15, -0.1) is 0 Å². The van der Waals surface area contributed by atoms with Crippen LogP contribution >= 0.6 is 0 Å². The molecular weight excluding hydrogens is 853 g/mol. The smallest absolute Gasteiger partial charge is 0.159 e. The predicted octanol–water partition coefficient (Wildman–Crippen LogP) is 19.9. The molecule has 0 spiro atoms. The van der Waals surface area contributed by atoms with E-state index < -0.39 is 0 Å². The molecule has 12 aromatic rings. The van der Waals surface area contributed by atoms with Gasteiger partial charge in [-0.25, -0.2) is 0 Å². The molecule has 0 aliphatic heterocycles. The van der Waals surface area contributed by atoms with Crippen LogP contribution in [0.4, 0.5) is 34.1 Å². The maximum Gasteiger partial charge on any atom is 0.159 e. The Labute approximate surface area is 409 Å². The Hall–Kier alpha value is -7.56. The first kappa shape index (κ1) is 41.4. The molecule has 2 fully saturated rings. The van der Waals surface area contributed by atoms with Crippen LogP contribution in [0, 0.1) is 27.7 Å². The van der Waals surface area contributed by atoms with E-state index in [0.29, 0.717) is 11.8 Å². The number of furan rings is 2. The number of anilines is 6. The third-order valence-electron chi connectivity index (χ3n) is 16.5. The molecule has 342 valence electrons. The molecule has 0 N–H and O–H groups in total. The molecule has 2 aliphatic carbocycles. The number of nitrogens with zero attached hydrogens (tertiary/aromatic N) is 2. The lowest BCUT2D eigenvalue weighted by Crippen LogP contribution is -2.13. The van der Waals surface area contributed by atoms with E-state index in [1.54, 1.807) is 0 Å². The summed E-state index contributed by atoms with van der Waals surface area (Å²) in [7, 11) is 0. The number of rotatable bonds is 8. The minimum Gasteiger partial charge on any atom is -0.454 e. The van der Waals surface area contributed by atoms with Crippen LogP contribution in [0.3, 0.4) is 0 Å². The van der Waals surface area contributed by atoms with Gasteiger partial charge in [-0.05, 0) is 157 Å². The fourth-order valence-corrected chi connectivity index (χ4v) is 13.0. The minimum atomic E-state index is 0.539. The quantitative estimate of drug-likeness (QED) is 0.142. The van der Waals surface area contributed by atoms with E-state index in [1.165, 1.54) is 128 Å². The molecule has 14 rings (SSSR count). The number of para-hydroxylation sites is 4. The van der Waals surface area contributed by atoms with Crippen molar-refractivity contribution < 1.29 is 8.83 Å². The fourth-order valence-electron chi connectivity index (χ4n) is 13.0. The highest BCUT2D eigenvalue weighted by Gasteiger charge is 2.29. The van der Waals surface area contributed by atoms with Gasteiger partial charge < -0.3 is 18.6 Å². The molecule has 0 unspecified atom stereocenters. The van der Waals surface area contributed by atoms with Gasteiger partial charge in [0.2, 0.25) is 0 Å². The molecule has 0 radical (unpaired) electrons. The summed E-state index contributed by atoms with van der Waals surface area (Å²) < 4.78 is 14.4. The Morgan fingerprint density at radius 2 is 0.729 bits per heavy atom. The summed E-state index contributed by atoms with van der Waals surface area (Å²) in [5.41, 5.74) is 18.1. The summed E-state index contributed by atoms with van der Waals surface area (Å²) in [5, 5.41) is 12.1.